The molecule has 2 amide bonds. The first-order chi connectivity index (χ1) is 10.8. The largest absolute Gasteiger partial charge is 0.336 e. The Morgan fingerprint density at radius 1 is 1.22 bits per heavy atom. The smallest absolute Gasteiger partial charge is 0.317 e. The summed E-state index contributed by atoms with van der Waals surface area (Å²) in [4.78, 5) is 14.4. The molecule has 1 N–H and O–H groups in total. The summed E-state index contributed by atoms with van der Waals surface area (Å²) in [7, 11) is -3.20. The number of sulfonamides is 1. The highest BCUT2D eigenvalue weighted by atomic mass is 32.2. The van der Waals surface area contributed by atoms with Gasteiger partial charge in [-0.1, -0.05) is 19.8 Å². The molecule has 6 nitrogen and oxygen atoms in total. The van der Waals surface area contributed by atoms with Gasteiger partial charge < -0.3 is 10.2 Å². The van der Waals surface area contributed by atoms with E-state index in [1.807, 2.05) is 4.90 Å². The highest BCUT2D eigenvalue weighted by Gasteiger charge is 2.32. The van der Waals surface area contributed by atoms with E-state index in [1.165, 1.54) is 12.7 Å². The molecule has 2 fully saturated rings. The minimum absolute atomic E-state index is 0.0466. The number of amides is 2. The van der Waals surface area contributed by atoms with Crippen LogP contribution in [0.1, 0.15) is 52.4 Å². The number of hydrogen-bond donors (Lipinski definition) is 1. The first-order valence-corrected chi connectivity index (χ1v) is 10.7. The van der Waals surface area contributed by atoms with E-state index < -0.39 is 10.0 Å². The molecular weight excluding hydrogens is 314 g/mol. The second-order valence-corrected chi connectivity index (χ2v) is 9.00. The lowest BCUT2D eigenvalue weighted by Gasteiger charge is -2.39. The van der Waals surface area contributed by atoms with Gasteiger partial charge in [0.2, 0.25) is 10.0 Å². The number of hydrogen-bond acceptors (Lipinski definition) is 3. The minimum atomic E-state index is -3.20. The third-order valence-electron chi connectivity index (χ3n) is 5.31. The summed E-state index contributed by atoms with van der Waals surface area (Å²) < 4.78 is 25.3. The highest BCUT2D eigenvalue weighted by Crippen LogP contribution is 2.24. The molecule has 2 aliphatic heterocycles. The predicted octanol–water partition coefficient (Wildman–Crippen LogP) is 2.02. The fourth-order valence-electron chi connectivity index (χ4n) is 3.72. The molecule has 0 aromatic carbocycles. The molecule has 2 saturated heterocycles. The van der Waals surface area contributed by atoms with Crippen molar-refractivity contribution in [1.29, 1.82) is 0 Å². The number of nitrogens with zero attached hydrogens (tertiary/aromatic N) is 2. The van der Waals surface area contributed by atoms with Crippen LogP contribution in [0, 0.1) is 5.92 Å². The fraction of sp³-hybridized carbons (Fsp3) is 0.938. The van der Waals surface area contributed by atoms with Gasteiger partial charge in [-0.15, -0.1) is 0 Å². The average molecular weight is 346 g/mol. The van der Waals surface area contributed by atoms with Crippen LogP contribution >= 0.6 is 0 Å². The van der Waals surface area contributed by atoms with Crippen LogP contribution < -0.4 is 5.32 Å². The van der Waals surface area contributed by atoms with Gasteiger partial charge in [-0.2, -0.15) is 4.31 Å². The van der Waals surface area contributed by atoms with E-state index in [9.17, 15) is 13.2 Å². The summed E-state index contributed by atoms with van der Waals surface area (Å²) in [5, 5.41) is 2.98. The number of rotatable bonds is 4. The molecule has 0 radical (unpaired) electrons. The maximum Gasteiger partial charge on any atom is 0.317 e. The zero-order chi connectivity index (χ0) is 17.0. The number of carbonyl (C=O) groups excluding carboxylic acids is 1. The van der Waals surface area contributed by atoms with Gasteiger partial charge in [-0.05, 0) is 38.5 Å². The molecule has 2 rings (SSSR count). The van der Waals surface area contributed by atoms with Crippen LogP contribution in [0.4, 0.5) is 4.79 Å². The summed E-state index contributed by atoms with van der Waals surface area (Å²) in [6, 6.07) is 0.106. The number of likely N-dealkylation sites (tertiary alicyclic amines) is 1. The standard InChI is InChI=1S/C16H31N3O3S/c1-4-14-9-8-13(2)18(12-14)16(20)17-11-15-7-5-6-10-19(15)23(3,21)22/h13-15H,4-12H2,1-3H3,(H,17,20)/t13-,14-,15?/m1/s1. The normalized spacial score (nSPS) is 30.2. The highest BCUT2D eigenvalue weighted by molar-refractivity contribution is 7.88. The monoisotopic (exact) mass is 345 g/mol. The summed E-state index contributed by atoms with van der Waals surface area (Å²) in [6.07, 6.45) is 7.33. The lowest BCUT2D eigenvalue weighted by molar-refractivity contribution is 0.127. The summed E-state index contributed by atoms with van der Waals surface area (Å²) in [5.74, 6) is 0.583. The van der Waals surface area contributed by atoms with Crippen LogP contribution in [0.5, 0.6) is 0 Å². The fourth-order valence-corrected chi connectivity index (χ4v) is 4.90. The second-order valence-electron chi connectivity index (χ2n) is 7.06. The molecule has 3 atom stereocenters. The van der Waals surface area contributed by atoms with Crippen molar-refractivity contribution in [2.24, 2.45) is 5.92 Å². The Balaban J connectivity index is 1.92. The quantitative estimate of drug-likeness (QED) is 0.847. The Bertz CT molecular complexity index is 509. The first kappa shape index (κ1) is 18.5. The summed E-state index contributed by atoms with van der Waals surface area (Å²) in [5.41, 5.74) is 0. The third-order valence-corrected chi connectivity index (χ3v) is 6.64. The van der Waals surface area contributed by atoms with Crippen LogP contribution in [0.15, 0.2) is 0 Å². The third kappa shape index (κ3) is 4.83. The van der Waals surface area contributed by atoms with Crippen molar-refractivity contribution < 1.29 is 13.2 Å². The molecule has 0 spiro atoms. The van der Waals surface area contributed by atoms with Gasteiger partial charge in [0.15, 0.2) is 0 Å². The second kappa shape index (κ2) is 7.83. The number of urea groups is 1. The van der Waals surface area contributed by atoms with Crippen LogP contribution in [-0.2, 0) is 10.0 Å². The van der Waals surface area contributed by atoms with Gasteiger partial charge in [0.1, 0.15) is 0 Å². The Kier molecular flexibility index (Phi) is 6.31. The lowest BCUT2D eigenvalue weighted by atomic mass is 9.92. The average Bonchev–Trinajstić information content (AvgIpc) is 2.52. The Hall–Kier alpha value is -0.820. The van der Waals surface area contributed by atoms with Gasteiger partial charge in [0.05, 0.1) is 6.26 Å². The molecule has 2 heterocycles. The van der Waals surface area contributed by atoms with E-state index in [0.717, 1.165) is 38.6 Å². The maximum atomic E-state index is 12.5. The van der Waals surface area contributed by atoms with Crippen LogP contribution in [0.3, 0.4) is 0 Å². The molecule has 0 aromatic heterocycles. The molecule has 2 aliphatic rings. The zero-order valence-corrected chi connectivity index (χ0v) is 15.4. The number of piperidine rings is 2. The maximum absolute atomic E-state index is 12.5. The summed E-state index contributed by atoms with van der Waals surface area (Å²) >= 11 is 0. The van der Waals surface area contributed by atoms with Crippen LogP contribution in [-0.4, -0.2) is 61.6 Å². The van der Waals surface area contributed by atoms with Gasteiger partial charge in [0, 0.05) is 31.7 Å². The van der Waals surface area contributed by atoms with E-state index in [2.05, 4.69) is 19.2 Å². The van der Waals surface area contributed by atoms with Gasteiger partial charge in [-0.25, -0.2) is 13.2 Å². The van der Waals surface area contributed by atoms with Gasteiger partial charge >= 0.3 is 6.03 Å². The van der Waals surface area contributed by atoms with Crippen LogP contribution in [0.25, 0.3) is 0 Å². The molecule has 0 saturated carbocycles. The molecule has 0 aliphatic carbocycles. The molecule has 0 aromatic rings. The predicted molar refractivity (Wildman–Crippen MR) is 91.8 cm³/mol. The SMILES string of the molecule is CC[C@@H]1CC[C@@H](C)N(C(=O)NCC2CCCCN2S(C)(=O)=O)C1. The lowest BCUT2D eigenvalue weighted by Crippen LogP contribution is -2.54. The summed E-state index contributed by atoms with van der Waals surface area (Å²) in [6.45, 7) is 6.05. The van der Waals surface area contributed by atoms with Crippen molar-refractivity contribution in [3.8, 4) is 0 Å². The minimum Gasteiger partial charge on any atom is -0.336 e. The van der Waals surface area contributed by atoms with Crippen molar-refractivity contribution in [1.82, 2.24) is 14.5 Å². The van der Waals surface area contributed by atoms with E-state index in [1.54, 1.807) is 4.31 Å². The molecule has 0 bridgehead atoms. The van der Waals surface area contributed by atoms with Crippen molar-refractivity contribution >= 4 is 16.1 Å². The molecule has 23 heavy (non-hydrogen) atoms. The molecular formula is C16H31N3O3S. The van der Waals surface area contributed by atoms with Gasteiger partial charge in [0.25, 0.3) is 0 Å². The van der Waals surface area contributed by atoms with Crippen molar-refractivity contribution in [2.75, 3.05) is 25.9 Å². The molecule has 134 valence electrons. The van der Waals surface area contributed by atoms with E-state index in [4.69, 9.17) is 0 Å². The van der Waals surface area contributed by atoms with Crippen molar-refractivity contribution in [2.45, 2.75) is 64.5 Å². The number of carbonyl (C=O) groups is 1. The number of nitrogens with one attached hydrogen (secondary N) is 1. The van der Waals surface area contributed by atoms with E-state index in [0.29, 0.717) is 19.0 Å². The topological polar surface area (TPSA) is 69.7 Å². The first-order valence-electron chi connectivity index (χ1n) is 8.84. The van der Waals surface area contributed by atoms with Gasteiger partial charge in [-0.3, -0.25) is 0 Å². The molecule has 7 heteroatoms. The van der Waals surface area contributed by atoms with Crippen LogP contribution in [0.2, 0.25) is 0 Å². The van der Waals surface area contributed by atoms with E-state index >= 15 is 0 Å². The Labute approximate surface area is 140 Å². The molecule has 1 unspecified atom stereocenters. The Morgan fingerprint density at radius 3 is 2.61 bits per heavy atom. The Morgan fingerprint density at radius 2 is 1.96 bits per heavy atom. The van der Waals surface area contributed by atoms with Crippen molar-refractivity contribution in [3.63, 3.8) is 0 Å². The van der Waals surface area contributed by atoms with Crippen molar-refractivity contribution in [3.05, 3.63) is 0 Å². The van der Waals surface area contributed by atoms with E-state index in [-0.39, 0.29) is 18.1 Å². The zero-order valence-electron chi connectivity index (χ0n) is 14.6.